The van der Waals surface area contributed by atoms with Crippen LogP contribution in [-0.2, 0) is 11.3 Å². The van der Waals surface area contributed by atoms with Crippen LogP contribution >= 0.6 is 0 Å². The summed E-state index contributed by atoms with van der Waals surface area (Å²) in [7, 11) is 1.83. The van der Waals surface area contributed by atoms with E-state index in [9.17, 15) is 4.79 Å². The van der Waals surface area contributed by atoms with Crippen LogP contribution < -0.4 is 0 Å². The van der Waals surface area contributed by atoms with Crippen LogP contribution in [0, 0.1) is 0 Å². The average molecular weight is 298 g/mol. The first-order valence-corrected chi connectivity index (χ1v) is 7.79. The van der Waals surface area contributed by atoms with Crippen molar-refractivity contribution >= 4 is 5.91 Å². The topological polar surface area (TPSA) is 36.7 Å². The number of hydrogen-bond acceptors (Lipinski definition) is 3. The Morgan fingerprint density at radius 2 is 2.09 bits per heavy atom. The molecule has 1 fully saturated rings. The van der Waals surface area contributed by atoms with E-state index in [1.165, 1.54) is 5.56 Å². The SMILES string of the molecule is CN(Cc1ccco1)C(=O)CN1CCC[C@@H]1c1ccccc1. The summed E-state index contributed by atoms with van der Waals surface area (Å²) in [5, 5.41) is 0. The van der Waals surface area contributed by atoms with Gasteiger partial charge in [0.1, 0.15) is 5.76 Å². The molecule has 1 amide bonds. The number of rotatable bonds is 5. The Bertz CT molecular complexity index is 595. The first kappa shape index (κ1) is 14.9. The second-order valence-electron chi connectivity index (χ2n) is 5.87. The first-order valence-electron chi connectivity index (χ1n) is 7.79. The standard InChI is InChI=1S/C18H22N2O2/c1-19(13-16-9-6-12-22-16)18(21)14-20-11-5-10-17(20)15-7-3-2-4-8-15/h2-4,6-9,12,17H,5,10-11,13-14H2,1H3/t17-/m1/s1. The Hall–Kier alpha value is -2.07. The van der Waals surface area contributed by atoms with Gasteiger partial charge in [0.05, 0.1) is 19.4 Å². The molecule has 2 heterocycles. The maximum Gasteiger partial charge on any atom is 0.236 e. The molecule has 0 bridgehead atoms. The molecular formula is C18H22N2O2. The van der Waals surface area contributed by atoms with Crippen molar-refractivity contribution in [3.8, 4) is 0 Å². The predicted octanol–water partition coefficient (Wildman–Crippen LogP) is 3.08. The van der Waals surface area contributed by atoms with Crippen LogP contribution in [0.5, 0.6) is 0 Å². The monoisotopic (exact) mass is 298 g/mol. The highest BCUT2D eigenvalue weighted by atomic mass is 16.3. The number of amides is 1. The van der Waals surface area contributed by atoms with Gasteiger partial charge in [-0.25, -0.2) is 0 Å². The lowest BCUT2D eigenvalue weighted by Gasteiger charge is -2.26. The van der Waals surface area contributed by atoms with Gasteiger partial charge in [0.25, 0.3) is 0 Å². The summed E-state index contributed by atoms with van der Waals surface area (Å²) in [6.45, 7) is 1.98. The molecule has 1 aliphatic rings. The van der Waals surface area contributed by atoms with E-state index in [-0.39, 0.29) is 5.91 Å². The van der Waals surface area contributed by atoms with Crippen molar-refractivity contribution in [2.45, 2.75) is 25.4 Å². The lowest BCUT2D eigenvalue weighted by Crippen LogP contribution is -2.37. The molecule has 4 heteroatoms. The highest BCUT2D eigenvalue weighted by Crippen LogP contribution is 2.31. The van der Waals surface area contributed by atoms with Crippen molar-refractivity contribution in [3.05, 3.63) is 60.1 Å². The van der Waals surface area contributed by atoms with Gasteiger partial charge in [0.2, 0.25) is 5.91 Å². The fourth-order valence-electron chi connectivity index (χ4n) is 3.09. The Labute approximate surface area is 131 Å². The molecule has 1 saturated heterocycles. The van der Waals surface area contributed by atoms with E-state index in [1.807, 2.05) is 25.2 Å². The largest absolute Gasteiger partial charge is 0.467 e. The summed E-state index contributed by atoms with van der Waals surface area (Å²) >= 11 is 0. The van der Waals surface area contributed by atoms with Crippen LogP contribution in [0.3, 0.4) is 0 Å². The fourth-order valence-corrected chi connectivity index (χ4v) is 3.09. The minimum atomic E-state index is 0.138. The molecule has 0 N–H and O–H groups in total. The van der Waals surface area contributed by atoms with Gasteiger partial charge in [-0.1, -0.05) is 30.3 Å². The first-order chi connectivity index (χ1) is 10.7. The number of carbonyl (C=O) groups excluding carboxylic acids is 1. The summed E-state index contributed by atoms with van der Waals surface area (Å²) in [4.78, 5) is 16.5. The number of benzene rings is 1. The molecule has 1 aromatic carbocycles. The van der Waals surface area contributed by atoms with Gasteiger partial charge in [-0.05, 0) is 37.1 Å². The Balaban J connectivity index is 1.60. The number of carbonyl (C=O) groups is 1. The molecule has 1 aromatic heterocycles. The molecule has 4 nitrogen and oxygen atoms in total. The molecular weight excluding hydrogens is 276 g/mol. The van der Waals surface area contributed by atoms with Crippen LogP contribution in [0.15, 0.2) is 53.1 Å². The third-order valence-electron chi connectivity index (χ3n) is 4.29. The van der Waals surface area contributed by atoms with Crippen molar-refractivity contribution in [1.29, 1.82) is 0 Å². The number of hydrogen-bond donors (Lipinski definition) is 0. The van der Waals surface area contributed by atoms with Gasteiger partial charge >= 0.3 is 0 Å². The second-order valence-corrected chi connectivity index (χ2v) is 5.87. The lowest BCUT2D eigenvalue weighted by molar-refractivity contribution is -0.132. The summed E-state index contributed by atoms with van der Waals surface area (Å²) in [6.07, 6.45) is 3.91. The van der Waals surface area contributed by atoms with Gasteiger partial charge in [-0.2, -0.15) is 0 Å². The van der Waals surface area contributed by atoms with Crippen molar-refractivity contribution in [1.82, 2.24) is 9.80 Å². The van der Waals surface area contributed by atoms with E-state index >= 15 is 0 Å². The molecule has 0 aliphatic carbocycles. The normalized spacial score (nSPS) is 18.5. The Kier molecular flexibility index (Phi) is 4.59. The minimum absolute atomic E-state index is 0.138. The summed E-state index contributed by atoms with van der Waals surface area (Å²) < 4.78 is 5.31. The smallest absolute Gasteiger partial charge is 0.236 e. The van der Waals surface area contributed by atoms with Crippen molar-refractivity contribution in [2.24, 2.45) is 0 Å². The molecule has 0 spiro atoms. The van der Waals surface area contributed by atoms with E-state index in [0.29, 0.717) is 19.1 Å². The van der Waals surface area contributed by atoms with E-state index < -0.39 is 0 Å². The van der Waals surface area contributed by atoms with Crippen LogP contribution in [-0.4, -0.2) is 35.8 Å². The summed E-state index contributed by atoms with van der Waals surface area (Å²) in [5.74, 6) is 0.955. The van der Waals surface area contributed by atoms with Gasteiger partial charge in [0.15, 0.2) is 0 Å². The number of likely N-dealkylation sites (tertiary alicyclic amines) is 1. The lowest BCUT2D eigenvalue weighted by atomic mass is 10.0. The van der Waals surface area contributed by atoms with Crippen LogP contribution in [0.2, 0.25) is 0 Å². The van der Waals surface area contributed by atoms with Crippen LogP contribution in [0.4, 0.5) is 0 Å². The number of furan rings is 1. The summed E-state index contributed by atoms with van der Waals surface area (Å²) in [5.41, 5.74) is 1.31. The highest BCUT2D eigenvalue weighted by Gasteiger charge is 2.28. The van der Waals surface area contributed by atoms with E-state index in [0.717, 1.165) is 25.1 Å². The van der Waals surface area contributed by atoms with Gasteiger partial charge < -0.3 is 9.32 Å². The van der Waals surface area contributed by atoms with Gasteiger partial charge in [0, 0.05) is 13.1 Å². The molecule has 0 saturated carbocycles. The van der Waals surface area contributed by atoms with Gasteiger partial charge in [-0.15, -0.1) is 0 Å². The predicted molar refractivity (Wildman–Crippen MR) is 85.2 cm³/mol. The maximum atomic E-state index is 12.4. The fraction of sp³-hybridized carbons (Fsp3) is 0.389. The van der Waals surface area contributed by atoms with E-state index in [4.69, 9.17) is 4.42 Å². The van der Waals surface area contributed by atoms with E-state index in [1.54, 1.807) is 11.2 Å². The third kappa shape index (κ3) is 3.39. The van der Waals surface area contributed by atoms with Gasteiger partial charge in [-0.3, -0.25) is 9.69 Å². The molecule has 3 rings (SSSR count). The number of likely N-dealkylation sites (N-methyl/N-ethyl adjacent to an activating group) is 1. The molecule has 22 heavy (non-hydrogen) atoms. The zero-order chi connectivity index (χ0) is 15.4. The molecule has 1 atom stereocenters. The zero-order valence-electron chi connectivity index (χ0n) is 12.9. The van der Waals surface area contributed by atoms with Crippen LogP contribution in [0.1, 0.15) is 30.2 Å². The Morgan fingerprint density at radius 1 is 1.27 bits per heavy atom. The molecule has 0 radical (unpaired) electrons. The average Bonchev–Trinajstić information content (AvgIpc) is 3.19. The van der Waals surface area contributed by atoms with Crippen LogP contribution in [0.25, 0.3) is 0 Å². The van der Waals surface area contributed by atoms with Crippen molar-refractivity contribution < 1.29 is 9.21 Å². The molecule has 116 valence electrons. The molecule has 0 unspecified atom stereocenters. The van der Waals surface area contributed by atoms with Crippen molar-refractivity contribution in [2.75, 3.05) is 20.1 Å². The Morgan fingerprint density at radius 3 is 2.82 bits per heavy atom. The molecule has 2 aromatic rings. The number of nitrogens with zero attached hydrogens (tertiary/aromatic N) is 2. The second kappa shape index (κ2) is 6.79. The highest BCUT2D eigenvalue weighted by molar-refractivity contribution is 5.78. The zero-order valence-corrected chi connectivity index (χ0v) is 12.9. The third-order valence-corrected chi connectivity index (χ3v) is 4.29. The van der Waals surface area contributed by atoms with E-state index in [2.05, 4.69) is 29.2 Å². The van der Waals surface area contributed by atoms with Crippen molar-refractivity contribution in [3.63, 3.8) is 0 Å². The quantitative estimate of drug-likeness (QED) is 0.851. The minimum Gasteiger partial charge on any atom is -0.467 e. The molecule has 1 aliphatic heterocycles. The summed E-state index contributed by atoms with van der Waals surface area (Å²) in [6, 6.07) is 14.6. The maximum absolute atomic E-state index is 12.4.